The molecule has 1 aromatic carbocycles. The number of methoxy groups -OCH3 is 1. The molecule has 27 heavy (non-hydrogen) atoms. The molecule has 0 saturated carbocycles. The van der Waals surface area contributed by atoms with Crippen LogP contribution in [0.15, 0.2) is 59.2 Å². The van der Waals surface area contributed by atoms with Gasteiger partial charge in [-0.25, -0.2) is 0 Å². The average Bonchev–Trinajstić information content (AvgIpc) is 2.61. The van der Waals surface area contributed by atoms with Crippen LogP contribution in [0.25, 0.3) is 0 Å². The number of ether oxygens (including phenoxy) is 2. The molecule has 1 aliphatic rings. The number of aliphatic hydroxyl groups excluding tert-OH is 1. The summed E-state index contributed by atoms with van der Waals surface area (Å²) in [5, 5.41) is 18.7. The normalized spacial score (nSPS) is 18.2. The van der Waals surface area contributed by atoms with Crippen LogP contribution in [0.3, 0.4) is 0 Å². The van der Waals surface area contributed by atoms with E-state index < -0.39 is 29.4 Å². The minimum absolute atomic E-state index is 0.00468. The minimum Gasteiger partial charge on any atom is -0.493 e. The number of alkyl halides is 3. The van der Waals surface area contributed by atoms with Crippen LogP contribution in [0.4, 0.5) is 13.2 Å². The van der Waals surface area contributed by atoms with Crippen LogP contribution in [-0.4, -0.2) is 30.2 Å². The zero-order valence-corrected chi connectivity index (χ0v) is 15.1. The van der Waals surface area contributed by atoms with E-state index in [-0.39, 0.29) is 18.6 Å². The van der Waals surface area contributed by atoms with Gasteiger partial charge in [-0.3, -0.25) is 5.41 Å². The molecule has 0 aromatic heterocycles. The number of nitrogens with one attached hydrogen (secondary N) is 1. The fraction of sp³-hybridized carbons (Fsp3) is 0.278. The predicted molar refractivity (Wildman–Crippen MR) is 95.0 cm³/mol. The standard InChI is InChI=1S/C18H18ClF3N2O3/c1-26-16(17(24)18(20,21)22)15(23)13-7-6-12(8-14(13)25)27-9-10-2-4-11(19)5-3-10/h2-7,14,23,25H,8-9,24H2,1H3. The van der Waals surface area contributed by atoms with Gasteiger partial charge in [0, 0.05) is 17.0 Å². The topological polar surface area (TPSA) is 88.6 Å². The number of rotatable bonds is 6. The second-order valence-electron chi connectivity index (χ2n) is 5.71. The lowest BCUT2D eigenvalue weighted by atomic mass is 9.94. The van der Waals surface area contributed by atoms with Crippen molar-refractivity contribution in [1.82, 2.24) is 0 Å². The molecule has 1 atom stereocenters. The second kappa shape index (κ2) is 8.49. The van der Waals surface area contributed by atoms with Crippen molar-refractivity contribution in [3.8, 4) is 0 Å². The van der Waals surface area contributed by atoms with Gasteiger partial charge in [0.25, 0.3) is 0 Å². The molecule has 1 aliphatic carbocycles. The molecule has 2 rings (SSSR count). The van der Waals surface area contributed by atoms with Crippen LogP contribution in [-0.2, 0) is 16.1 Å². The average molecular weight is 403 g/mol. The van der Waals surface area contributed by atoms with Gasteiger partial charge in [-0.1, -0.05) is 29.8 Å². The number of halogens is 4. The highest BCUT2D eigenvalue weighted by molar-refractivity contribution is 6.30. The maximum Gasteiger partial charge on any atom is 0.434 e. The molecule has 0 amide bonds. The Morgan fingerprint density at radius 3 is 2.44 bits per heavy atom. The lowest BCUT2D eigenvalue weighted by Crippen LogP contribution is -2.29. The summed E-state index contributed by atoms with van der Waals surface area (Å²) in [4.78, 5) is 0. The summed E-state index contributed by atoms with van der Waals surface area (Å²) >= 11 is 5.81. The first kappa shape index (κ1) is 20.9. The number of allylic oxidation sites excluding steroid dienone is 4. The summed E-state index contributed by atoms with van der Waals surface area (Å²) in [7, 11) is 0.981. The Balaban J connectivity index is 2.15. The van der Waals surface area contributed by atoms with Gasteiger partial charge in [-0.2, -0.15) is 13.2 Å². The Bertz CT molecular complexity index is 799. The third-order valence-corrected chi connectivity index (χ3v) is 4.06. The number of nitrogens with two attached hydrogens (primary N) is 1. The minimum atomic E-state index is -4.85. The summed E-state index contributed by atoms with van der Waals surface area (Å²) in [6.07, 6.45) is -3.26. The van der Waals surface area contributed by atoms with Crippen molar-refractivity contribution in [2.24, 2.45) is 5.73 Å². The molecule has 146 valence electrons. The molecule has 0 bridgehead atoms. The van der Waals surface area contributed by atoms with Crippen LogP contribution >= 0.6 is 11.6 Å². The van der Waals surface area contributed by atoms with Crippen LogP contribution in [0.5, 0.6) is 0 Å². The zero-order chi connectivity index (χ0) is 20.2. The van der Waals surface area contributed by atoms with Gasteiger partial charge in [0.2, 0.25) is 0 Å². The maximum absolute atomic E-state index is 12.8. The van der Waals surface area contributed by atoms with Gasteiger partial charge >= 0.3 is 6.18 Å². The Morgan fingerprint density at radius 1 is 1.30 bits per heavy atom. The molecule has 0 radical (unpaired) electrons. The highest BCUT2D eigenvalue weighted by Gasteiger charge is 2.37. The van der Waals surface area contributed by atoms with Gasteiger partial charge in [0.05, 0.1) is 19.0 Å². The molecule has 9 heteroatoms. The van der Waals surface area contributed by atoms with Gasteiger partial charge in [-0.05, 0) is 23.8 Å². The van der Waals surface area contributed by atoms with E-state index in [1.807, 2.05) is 0 Å². The smallest absolute Gasteiger partial charge is 0.434 e. The molecule has 0 spiro atoms. The monoisotopic (exact) mass is 402 g/mol. The molecule has 0 saturated heterocycles. The summed E-state index contributed by atoms with van der Waals surface area (Å²) < 4.78 is 48.6. The number of hydrogen-bond acceptors (Lipinski definition) is 5. The van der Waals surface area contributed by atoms with E-state index in [9.17, 15) is 18.3 Å². The highest BCUT2D eigenvalue weighted by Crippen LogP contribution is 2.29. The third-order valence-electron chi connectivity index (χ3n) is 3.81. The Morgan fingerprint density at radius 2 is 1.93 bits per heavy atom. The summed E-state index contributed by atoms with van der Waals surface area (Å²) in [5.74, 6) is -0.410. The quantitative estimate of drug-likeness (QED) is 0.498. The van der Waals surface area contributed by atoms with E-state index in [1.165, 1.54) is 12.2 Å². The lowest BCUT2D eigenvalue weighted by Gasteiger charge is -2.23. The number of benzene rings is 1. The van der Waals surface area contributed by atoms with Gasteiger partial charge in [0.15, 0.2) is 11.5 Å². The van der Waals surface area contributed by atoms with Crippen LogP contribution < -0.4 is 5.73 Å². The van der Waals surface area contributed by atoms with Crippen LogP contribution in [0.2, 0.25) is 5.02 Å². The molecule has 0 fully saturated rings. The first-order valence-corrected chi connectivity index (χ1v) is 8.17. The van der Waals surface area contributed by atoms with Crippen molar-refractivity contribution in [3.63, 3.8) is 0 Å². The van der Waals surface area contributed by atoms with Crippen molar-refractivity contribution < 1.29 is 27.8 Å². The summed E-state index contributed by atoms with van der Waals surface area (Å²) in [6.45, 7) is 0.237. The fourth-order valence-corrected chi connectivity index (χ4v) is 2.51. The van der Waals surface area contributed by atoms with Gasteiger partial charge < -0.3 is 20.3 Å². The van der Waals surface area contributed by atoms with E-state index in [4.69, 9.17) is 27.5 Å². The molecule has 5 nitrogen and oxygen atoms in total. The molecule has 1 aromatic rings. The van der Waals surface area contributed by atoms with Crippen molar-refractivity contribution in [2.45, 2.75) is 25.3 Å². The fourth-order valence-electron chi connectivity index (χ4n) is 2.38. The van der Waals surface area contributed by atoms with Crippen LogP contribution in [0, 0.1) is 5.41 Å². The molecule has 0 aliphatic heterocycles. The third kappa shape index (κ3) is 5.27. The Hall–Kier alpha value is -2.45. The van der Waals surface area contributed by atoms with Crippen molar-refractivity contribution in [3.05, 3.63) is 69.8 Å². The Kier molecular flexibility index (Phi) is 6.56. The Labute approximate surface area is 159 Å². The van der Waals surface area contributed by atoms with Crippen LogP contribution in [0.1, 0.15) is 12.0 Å². The van der Waals surface area contributed by atoms with Crippen molar-refractivity contribution >= 4 is 17.3 Å². The predicted octanol–water partition coefficient (Wildman–Crippen LogP) is 3.83. The molecule has 0 heterocycles. The highest BCUT2D eigenvalue weighted by atomic mass is 35.5. The van der Waals surface area contributed by atoms with Crippen molar-refractivity contribution in [2.75, 3.05) is 7.11 Å². The first-order valence-electron chi connectivity index (χ1n) is 7.79. The SMILES string of the molecule is COC(C(=N)C1=CC=C(OCc2ccc(Cl)cc2)CC1O)=C(N)C(F)(F)F. The largest absolute Gasteiger partial charge is 0.493 e. The summed E-state index contributed by atoms with van der Waals surface area (Å²) in [6, 6.07) is 7.00. The maximum atomic E-state index is 12.8. The zero-order valence-electron chi connectivity index (χ0n) is 14.3. The second-order valence-corrected chi connectivity index (χ2v) is 6.15. The molecular formula is C18H18ClF3N2O3. The molecular weight excluding hydrogens is 385 g/mol. The lowest BCUT2D eigenvalue weighted by molar-refractivity contribution is -0.0953. The van der Waals surface area contributed by atoms with E-state index >= 15 is 0 Å². The first-order chi connectivity index (χ1) is 12.6. The summed E-state index contributed by atoms with van der Waals surface area (Å²) in [5.41, 5.74) is 3.69. The molecule has 1 unspecified atom stereocenters. The van der Waals surface area contributed by atoms with E-state index in [2.05, 4.69) is 4.74 Å². The van der Waals surface area contributed by atoms with E-state index in [1.54, 1.807) is 24.3 Å². The number of aliphatic hydroxyl groups is 1. The van der Waals surface area contributed by atoms with Gasteiger partial charge in [0.1, 0.15) is 12.3 Å². The number of hydrogen-bond donors (Lipinski definition) is 3. The van der Waals surface area contributed by atoms with Gasteiger partial charge in [-0.15, -0.1) is 0 Å². The van der Waals surface area contributed by atoms with Crippen molar-refractivity contribution in [1.29, 1.82) is 5.41 Å². The van der Waals surface area contributed by atoms with E-state index in [0.29, 0.717) is 10.8 Å². The van der Waals surface area contributed by atoms with E-state index in [0.717, 1.165) is 12.7 Å². The molecule has 4 N–H and O–H groups in total.